The first-order valence-corrected chi connectivity index (χ1v) is 4.31. The minimum atomic E-state index is -0.909. The maximum atomic E-state index is 11.2. The molecule has 0 radical (unpaired) electrons. The van der Waals surface area contributed by atoms with Gasteiger partial charge in [-0.2, -0.15) is 0 Å². The number of carbonyl (C=O) groups is 2. The quantitative estimate of drug-likeness (QED) is 0.636. The fourth-order valence-electron chi connectivity index (χ4n) is 0.866. The number of carboxylic acids is 1. The smallest absolute Gasteiger partial charge is 0.317 e. The van der Waals surface area contributed by atoms with Gasteiger partial charge in [0.05, 0.1) is 5.92 Å². The normalized spacial score (nSPS) is 11.6. The number of nitrogens with one attached hydrogen (secondary N) is 1. The molecule has 5 heteroatoms. The summed E-state index contributed by atoms with van der Waals surface area (Å²) in [5.74, 6) is -1.47. The van der Waals surface area contributed by atoms with Gasteiger partial charge in [-0.3, -0.25) is 4.79 Å². The van der Waals surface area contributed by atoms with Crippen LogP contribution in [0.4, 0.5) is 4.79 Å². The average molecular weight is 200 g/mol. The van der Waals surface area contributed by atoms with Gasteiger partial charge in [-0.1, -0.05) is 13.0 Å². The zero-order valence-corrected chi connectivity index (χ0v) is 8.49. The molecular formula is C9H16N2O3. The molecule has 0 aromatic heterocycles. The zero-order valence-electron chi connectivity index (χ0n) is 8.49. The van der Waals surface area contributed by atoms with E-state index in [9.17, 15) is 9.59 Å². The van der Waals surface area contributed by atoms with Crippen LogP contribution in [0.3, 0.4) is 0 Å². The molecule has 2 amide bonds. The van der Waals surface area contributed by atoms with Crippen molar-refractivity contribution in [3.8, 4) is 0 Å². The molecule has 0 aliphatic carbocycles. The highest BCUT2D eigenvalue weighted by Gasteiger charge is 2.16. The molecule has 0 saturated carbocycles. The van der Waals surface area contributed by atoms with Crippen LogP contribution in [-0.2, 0) is 4.79 Å². The number of hydrogen-bond donors (Lipinski definition) is 2. The number of carbonyl (C=O) groups excluding carboxylic acids is 1. The summed E-state index contributed by atoms with van der Waals surface area (Å²) in [7, 11) is 1.55. The lowest BCUT2D eigenvalue weighted by molar-refractivity contribution is -0.141. The lowest BCUT2D eigenvalue weighted by Gasteiger charge is -2.19. The van der Waals surface area contributed by atoms with Crippen molar-refractivity contribution >= 4 is 12.0 Å². The minimum absolute atomic E-state index is 0.193. The van der Waals surface area contributed by atoms with E-state index in [0.717, 1.165) is 0 Å². The molecule has 0 fully saturated rings. The molecule has 5 nitrogen and oxygen atoms in total. The van der Waals surface area contributed by atoms with Crippen LogP contribution in [0.5, 0.6) is 0 Å². The van der Waals surface area contributed by atoms with E-state index in [1.165, 1.54) is 4.90 Å². The maximum Gasteiger partial charge on any atom is 0.317 e. The highest BCUT2D eigenvalue weighted by Crippen LogP contribution is 1.97. The summed E-state index contributed by atoms with van der Waals surface area (Å²) in [6.45, 7) is 5.58. The van der Waals surface area contributed by atoms with Crippen molar-refractivity contribution in [2.45, 2.75) is 6.92 Å². The fraction of sp³-hybridized carbons (Fsp3) is 0.556. The summed E-state index contributed by atoms with van der Waals surface area (Å²) in [6, 6.07) is -0.294. The topological polar surface area (TPSA) is 69.6 Å². The van der Waals surface area contributed by atoms with Crippen molar-refractivity contribution in [2.75, 3.05) is 20.1 Å². The highest BCUT2D eigenvalue weighted by molar-refractivity contribution is 5.75. The number of amides is 2. The second kappa shape index (κ2) is 6.01. The van der Waals surface area contributed by atoms with Crippen molar-refractivity contribution < 1.29 is 14.7 Å². The Bertz CT molecular complexity index is 228. The third-order valence-corrected chi connectivity index (χ3v) is 1.71. The summed E-state index contributed by atoms with van der Waals surface area (Å²) in [6.07, 6.45) is 1.56. The van der Waals surface area contributed by atoms with Crippen LogP contribution < -0.4 is 5.32 Å². The van der Waals surface area contributed by atoms with Gasteiger partial charge >= 0.3 is 12.0 Å². The van der Waals surface area contributed by atoms with Crippen LogP contribution in [0.15, 0.2) is 12.7 Å². The standard InChI is InChI=1S/C9H16N2O3/c1-4-5-10-9(14)11(3)6-7(2)8(12)13/h4,7H,1,5-6H2,2-3H3,(H,10,14)(H,12,13). The predicted molar refractivity (Wildman–Crippen MR) is 53.0 cm³/mol. The Hall–Kier alpha value is -1.52. The van der Waals surface area contributed by atoms with E-state index in [1.807, 2.05) is 0 Å². The minimum Gasteiger partial charge on any atom is -0.481 e. The van der Waals surface area contributed by atoms with E-state index in [2.05, 4.69) is 11.9 Å². The second-order valence-electron chi connectivity index (χ2n) is 3.09. The molecule has 0 bridgehead atoms. The maximum absolute atomic E-state index is 11.2. The first kappa shape index (κ1) is 12.5. The lowest BCUT2D eigenvalue weighted by atomic mass is 10.2. The van der Waals surface area contributed by atoms with E-state index in [-0.39, 0.29) is 12.6 Å². The Morgan fingerprint density at radius 3 is 2.64 bits per heavy atom. The van der Waals surface area contributed by atoms with Gasteiger partial charge in [0.2, 0.25) is 0 Å². The van der Waals surface area contributed by atoms with Gasteiger partial charge in [-0.15, -0.1) is 6.58 Å². The molecule has 1 atom stereocenters. The second-order valence-corrected chi connectivity index (χ2v) is 3.09. The summed E-state index contributed by atoms with van der Waals surface area (Å²) in [4.78, 5) is 23.1. The highest BCUT2D eigenvalue weighted by atomic mass is 16.4. The van der Waals surface area contributed by atoms with Gasteiger partial charge in [0.15, 0.2) is 0 Å². The van der Waals surface area contributed by atoms with Crippen molar-refractivity contribution in [1.29, 1.82) is 0 Å². The van der Waals surface area contributed by atoms with E-state index in [0.29, 0.717) is 6.54 Å². The third-order valence-electron chi connectivity index (χ3n) is 1.71. The van der Waals surface area contributed by atoms with Crippen molar-refractivity contribution in [3.63, 3.8) is 0 Å². The summed E-state index contributed by atoms with van der Waals surface area (Å²) < 4.78 is 0. The molecular weight excluding hydrogens is 184 g/mol. The third kappa shape index (κ3) is 4.49. The molecule has 0 aromatic rings. The number of aliphatic carboxylic acids is 1. The first-order chi connectivity index (χ1) is 6.49. The molecule has 0 heterocycles. The van der Waals surface area contributed by atoms with E-state index >= 15 is 0 Å². The zero-order chi connectivity index (χ0) is 11.1. The lowest BCUT2D eigenvalue weighted by Crippen LogP contribution is -2.40. The van der Waals surface area contributed by atoms with Crippen molar-refractivity contribution in [1.82, 2.24) is 10.2 Å². The average Bonchev–Trinajstić information content (AvgIpc) is 2.13. The van der Waals surface area contributed by atoms with Gasteiger partial charge in [0.25, 0.3) is 0 Å². The van der Waals surface area contributed by atoms with Gasteiger partial charge in [-0.25, -0.2) is 4.79 Å². The first-order valence-electron chi connectivity index (χ1n) is 4.31. The molecule has 80 valence electrons. The van der Waals surface area contributed by atoms with Gasteiger partial charge < -0.3 is 15.3 Å². The predicted octanol–water partition coefficient (Wildman–Crippen LogP) is 0.534. The number of urea groups is 1. The van der Waals surface area contributed by atoms with E-state index < -0.39 is 11.9 Å². The molecule has 0 spiro atoms. The van der Waals surface area contributed by atoms with Crippen LogP contribution in [0.1, 0.15) is 6.92 Å². The molecule has 1 unspecified atom stereocenters. The SMILES string of the molecule is C=CCNC(=O)N(C)CC(C)C(=O)O. The molecule has 2 N–H and O–H groups in total. The number of carboxylic acid groups (broad SMARTS) is 1. The Labute approximate surface area is 83.4 Å². The Kier molecular flexibility index (Phi) is 5.36. The summed E-state index contributed by atoms with van der Waals surface area (Å²) in [5, 5.41) is 11.2. The molecule has 0 rings (SSSR count). The Balaban J connectivity index is 3.94. The van der Waals surface area contributed by atoms with E-state index in [4.69, 9.17) is 5.11 Å². The Morgan fingerprint density at radius 1 is 1.64 bits per heavy atom. The summed E-state index contributed by atoms with van der Waals surface area (Å²) >= 11 is 0. The van der Waals surface area contributed by atoms with Gasteiger partial charge in [-0.05, 0) is 0 Å². The van der Waals surface area contributed by atoms with Crippen LogP contribution in [0, 0.1) is 5.92 Å². The number of hydrogen-bond acceptors (Lipinski definition) is 2. The van der Waals surface area contributed by atoms with Crippen molar-refractivity contribution in [3.05, 3.63) is 12.7 Å². The molecule has 0 saturated heterocycles. The molecule has 0 aromatic carbocycles. The Morgan fingerprint density at radius 2 is 2.21 bits per heavy atom. The molecule has 0 aliphatic heterocycles. The monoisotopic (exact) mass is 200 g/mol. The molecule has 0 aliphatic rings. The fourth-order valence-corrected chi connectivity index (χ4v) is 0.866. The van der Waals surface area contributed by atoms with E-state index in [1.54, 1.807) is 20.0 Å². The van der Waals surface area contributed by atoms with Gasteiger partial charge in [0, 0.05) is 20.1 Å². The van der Waals surface area contributed by atoms with Crippen LogP contribution in [0.2, 0.25) is 0 Å². The van der Waals surface area contributed by atoms with Crippen LogP contribution >= 0.6 is 0 Å². The largest absolute Gasteiger partial charge is 0.481 e. The number of rotatable bonds is 5. The van der Waals surface area contributed by atoms with Crippen molar-refractivity contribution in [2.24, 2.45) is 5.92 Å². The summed E-state index contributed by atoms with van der Waals surface area (Å²) in [5.41, 5.74) is 0. The van der Waals surface area contributed by atoms with Crippen LogP contribution in [-0.4, -0.2) is 42.1 Å². The van der Waals surface area contributed by atoms with Crippen LogP contribution in [0.25, 0.3) is 0 Å². The molecule has 14 heavy (non-hydrogen) atoms. The van der Waals surface area contributed by atoms with Gasteiger partial charge in [0.1, 0.15) is 0 Å². The number of nitrogens with zero attached hydrogens (tertiary/aromatic N) is 1.